The van der Waals surface area contributed by atoms with Crippen LogP contribution in [0.15, 0.2) is 87.6 Å². The average Bonchev–Trinajstić information content (AvgIpc) is 3.61. The standard InChI is InChI=1S/C27H26S5/c1-6-22(28-11-1)16-21(17-23-7-2-12-29-23)27(18-24-8-3-13-30-24,19-25-9-4-14-31-25)20-26-10-5-15-32-26/h1-15,21H,16-20H2. The van der Waals surface area contributed by atoms with E-state index in [0.717, 1.165) is 32.1 Å². The summed E-state index contributed by atoms with van der Waals surface area (Å²) in [4.78, 5) is 7.57. The summed E-state index contributed by atoms with van der Waals surface area (Å²) in [5.41, 5.74) is 0.175. The van der Waals surface area contributed by atoms with E-state index in [9.17, 15) is 0 Å². The molecular weight excluding hydrogens is 485 g/mol. The summed E-state index contributed by atoms with van der Waals surface area (Å²) >= 11 is 9.59. The third-order valence-corrected chi connectivity index (χ3v) is 10.7. The van der Waals surface area contributed by atoms with Gasteiger partial charge in [0.1, 0.15) is 0 Å². The lowest BCUT2D eigenvalue weighted by molar-refractivity contribution is 0.156. The molecule has 5 rings (SSSR count). The number of hydrogen-bond donors (Lipinski definition) is 0. The van der Waals surface area contributed by atoms with Crippen molar-refractivity contribution in [1.82, 2.24) is 0 Å². The first kappa shape index (κ1) is 22.3. The fourth-order valence-corrected chi connectivity index (χ4v) is 8.90. The summed E-state index contributed by atoms with van der Waals surface area (Å²) in [5.74, 6) is 0.575. The minimum absolute atomic E-state index is 0.175. The second-order valence-corrected chi connectivity index (χ2v) is 13.6. The predicted molar refractivity (Wildman–Crippen MR) is 146 cm³/mol. The topological polar surface area (TPSA) is 0 Å². The van der Waals surface area contributed by atoms with Gasteiger partial charge in [0.25, 0.3) is 0 Å². The zero-order valence-electron chi connectivity index (χ0n) is 17.8. The van der Waals surface area contributed by atoms with Crippen molar-refractivity contribution >= 4 is 56.7 Å². The van der Waals surface area contributed by atoms with Crippen LogP contribution in [-0.4, -0.2) is 0 Å². The molecule has 0 spiro atoms. The lowest BCUT2D eigenvalue weighted by atomic mass is 9.64. The minimum Gasteiger partial charge on any atom is -0.149 e. The van der Waals surface area contributed by atoms with Gasteiger partial charge >= 0.3 is 0 Å². The highest BCUT2D eigenvalue weighted by Gasteiger charge is 2.40. The molecule has 0 bridgehead atoms. The van der Waals surface area contributed by atoms with E-state index in [0.29, 0.717) is 5.92 Å². The van der Waals surface area contributed by atoms with E-state index in [1.54, 1.807) is 0 Å². The monoisotopic (exact) mass is 510 g/mol. The van der Waals surface area contributed by atoms with E-state index in [1.807, 2.05) is 56.7 Å². The van der Waals surface area contributed by atoms with Crippen LogP contribution in [0.4, 0.5) is 0 Å². The fraction of sp³-hybridized carbons (Fsp3) is 0.259. The first-order valence-corrected chi connectivity index (χ1v) is 15.3. The van der Waals surface area contributed by atoms with Gasteiger partial charge in [0.2, 0.25) is 0 Å². The van der Waals surface area contributed by atoms with Crippen molar-refractivity contribution in [2.24, 2.45) is 11.3 Å². The van der Waals surface area contributed by atoms with Gasteiger partial charge in [-0.2, -0.15) is 0 Å². The average molecular weight is 511 g/mol. The van der Waals surface area contributed by atoms with Gasteiger partial charge in [-0.15, -0.1) is 56.7 Å². The maximum Gasteiger partial charge on any atom is 0.00511 e. The van der Waals surface area contributed by atoms with Crippen LogP contribution < -0.4 is 0 Å². The molecule has 0 aliphatic carbocycles. The molecule has 5 aromatic rings. The van der Waals surface area contributed by atoms with Crippen molar-refractivity contribution in [3.8, 4) is 0 Å². The van der Waals surface area contributed by atoms with E-state index in [4.69, 9.17) is 0 Å². The van der Waals surface area contributed by atoms with E-state index >= 15 is 0 Å². The van der Waals surface area contributed by atoms with Crippen molar-refractivity contribution < 1.29 is 0 Å². The maximum atomic E-state index is 2.34. The first-order valence-electron chi connectivity index (χ1n) is 10.9. The number of thiophene rings is 5. The Kier molecular flexibility index (Phi) is 7.40. The molecule has 0 aliphatic heterocycles. The molecule has 0 saturated carbocycles. The van der Waals surface area contributed by atoms with E-state index in [-0.39, 0.29) is 5.41 Å². The van der Waals surface area contributed by atoms with Crippen LogP contribution in [0.3, 0.4) is 0 Å². The molecule has 164 valence electrons. The van der Waals surface area contributed by atoms with Crippen molar-refractivity contribution in [3.05, 3.63) is 112 Å². The highest BCUT2D eigenvalue weighted by molar-refractivity contribution is 7.11. The van der Waals surface area contributed by atoms with Crippen LogP contribution in [0, 0.1) is 11.3 Å². The highest BCUT2D eigenvalue weighted by atomic mass is 32.1. The van der Waals surface area contributed by atoms with Crippen LogP contribution in [0.1, 0.15) is 24.4 Å². The molecule has 0 atom stereocenters. The molecule has 5 heterocycles. The zero-order chi connectivity index (χ0) is 21.6. The Hall–Kier alpha value is -1.50. The summed E-state index contributed by atoms with van der Waals surface area (Å²) in [6.07, 6.45) is 5.72. The van der Waals surface area contributed by atoms with Gasteiger partial charge in [-0.1, -0.05) is 30.3 Å². The first-order chi connectivity index (χ1) is 15.8. The van der Waals surface area contributed by atoms with Crippen molar-refractivity contribution in [3.63, 3.8) is 0 Å². The zero-order valence-corrected chi connectivity index (χ0v) is 21.9. The Morgan fingerprint density at radius 3 is 1.06 bits per heavy atom. The van der Waals surface area contributed by atoms with Crippen molar-refractivity contribution in [1.29, 1.82) is 0 Å². The largest absolute Gasteiger partial charge is 0.149 e. The molecule has 32 heavy (non-hydrogen) atoms. The van der Waals surface area contributed by atoms with Gasteiger partial charge in [-0.3, -0.25) is 0 Å². The van der Waals surface area contributed by atoms with Crippen LogP contribution in [0.25, 0.3) is 0 Å². The van der Waals surface area contributed by atoms with Gasteiger partial charge in [-0.25, -0.2) is 0 Å². The lowest BCUT2D eigenvalue weighted by Gasteiger charge is -2.41. The summed E-state index contributed by atoms with van der Waals surface area (Å²) < 4.78 is 0. The van der Waals surface area contributed by atoms with Gasteiger partial charge in [0, 0.05) is 24.4 Å². The second-order valence-electron chi connectivity index (χ2n) is 8.39. The Morgan fingerprint density at radius 1 is 0.469 bits per heavy atom. The quantitative estimate of drug-likeness (QED) is 0.166. The SMILES string of the molecule is c1csc(CC(Cc2cccs2)C(Cc2cccs2)(Cc2cccs2)Cc2cccs2)c1. The van der Waals surface area contributed by atoms with E-state index in [1.165, 1.54) is 24.4 Å². The van der Waals surface area contributed by atoms with E-state index < -0.39 is 0 Å². The molecule has 0 aromatic carbocycles. The van der Waals surface area contributed by atoms with Crippen LogP contribution in [0.2, 0.25) is 0 Å². The number of hydrogen-bond acceptors (Lipinski definition) is 5. The molecule has 0 nitrogen and oxygen atoms in total. The smallest absolute Gasteiger partial charge is 0.00511 e. The predicted octanol–water partition coefficient (Wildman–Crippen LogP) is 9.11. The molecule has 0 amide bonds. The third kappa shape index (κ3) is 5.52. The minimum atomic E-state index is 0.175. The molecule has 0 saturated heterocycles. The molecule has 5 heteroatoms. The summed E-state index contributed by atoms with van der Waals surface area (Å²) in [7, 11) is 0. The molecule has 0 unspecified atom stereocenters. The van der Waals surface area contributed by atoms with Crippen LogP contribution in [0.5, 0.6) is 0 Å². The molecule has 5 aromatic heterocycles. The Bertz CT molecular complexity index is 1010. The second kappa shape index (κ2) is 10.6. The fourth-order valence-electron chi connectivity index (χ4n) is 4.75. The summed E-state index contributed by atoms with van der Waals surface area (Å²) in [5, 5.41) is 11.2. The summed E-state index contributed by atoms with van der Waals surface area (Å²) in [6.45, 7) is 0. The highest BCUT2D eigenvalue weighted by Crippen LogP contribution is 2.45. The molecule has 0 fully saturated rings. The van der Waals surface area contributed by atoms with Crippen molar-refractivity contribution in [2.75, 3.05) is 0 Å². The number of rotatable bonds is 11. The van der Waals surface area contributed by atoms with Crippen molar-refractivity contribution in [2.45, 2.75) is 32.1 Å². The third-order valence-electron chi connectivity index (χ3n) is 6.24. The van der Waals surface area contributed by atoms with Gasteiger partial charge in [-0.05, 0) is 101 Å². The van der Waals surface area contributed by atoms with Gasteiger partial charge < -0.3 is 0 Å². The van der Waals surface area contributed by atoms with Gasteiger partial charge in [0.15, 0.2) is 0 Å². The molecular formula is C27H26S5. The Balaban J connectivity index is 1.60. The van der Waals surface area contributed by atoms with E-state index in [2.05, 4.69) is 87.6 Å². The Labute approximate surface area is 210 Å². The molecule has 0 N–H and O–H groups in total. The molecule has 0 aliphatic rings. The lowest BCUT2D eigenvalue weighted by Crippen LogP contribution is -2.39. The van der Waals surface area contributed by atoms with Crippen LogP contribution >= 0.6 is 56.7 Å². The maximum absolute atomic E-state index is 2.34. The summed E-state index contributed by atoms with van der Waals surface area (Å²) in [6, 6.07) is 22.8. The Morgan fingerprint density at radius 2 is 0.781 bits per heavy atom. The van der Waals surface area contributed by atoms with Gasteiger partial charge in [0.05, 0.1) is 0 Å². The normalized spacial score (nSPS) is 12.0. The van der Waals surface area contributed by atoms with Crippen LogP contribution in [-0.2, 0) is 32.1 Å². The molecule has 0 radical (unpaired) electrons.